The fourth-order valence-corrected chi connectivity index (χ4v) is 9.27. The number of rotatable bonds is 8. The summed E-state index contributed by atoms with van der Waals surface area (Å²) in [5.74, 6) is -9.19. The number of Topliss-reactive ketones (excluding diaryl/α,β-unsaturated/α-hetero) is 3. The predicted molar refractivity (Wildman–Crippen MR) is 151 cm³/mol. The van der Waals surface area contributed by atoms with Gasteiger partial charge in [-0.3, -0.25) is 19.2 Å². The lowest BCUT2D eigenvalue weighted by molar-refractivity contribution is -0.292. The van der Waals surface area contributed by atoms with Gasteiger partial charge in [0.25, 0.3) is 0 Å². The van der Waals surface area contributed by atoms with E-state index in [4.69, 9.17) is 5.73 Å². The van der Waals surface area contributed by atoms with E-state index in [2.05, 4.69) is 0 Å². The SMILES string of the molecule is CCCCCC(=O)C[C@@H]1[C@@]2(C)[C@H](C)c3cccc(O)c3C(=O)[C@@H]2C(O)[C@@]2(O)C(=O)[C@H](C(N)=O)C(O)[C@H](C(C)C)[C@@]12C. The molecule has 6 N–H and O–H groups in total. The lowest BCUT2D eigenvalue weighted by Crippen LogP contribution is -2.82. The average molecular weight is 572 g/mol. The fourth-order valence-electron chi connectivity index (χ4n) is 9.27. The first kappa shape index (κ1) is 31.3. The second kappa shape index (κ2) is 10.6. The Morgan fingerprint density at radius 1 is 1.10 bits per heavy atom. The van der Waals surface area contributed by atoms with Crippen molar-refractivity contribution < 1.29 is 39.6 Å². The molecular weight excluding hydrogens is 526 g/mol. The molecule has 9 heteroatoms. The van der Waals surface area contributed by atoms with Crippen LogP contribution in [0.1, 0.15) is 95.5 Å². The van der Waals surface area contributed by atoms with E-state index < -0.39 is 81.6 Å². The van der Waals surface area contributed by atoms with Crippen LogP contribution in [0.5, 0.6) is 5.75 Å². The maximum atomic E-state index is 14.2. The highest BCUT2D eigenvalue weighted by molar-refractivity contribution is 6.09. The first-order chi connectivity index (χ1) is 19.0. The highest BCUT2D eigenvalue weighted by Gasteiger charge is 2.80. The van der Waals surface area contributed by atoms with Crippen molar-refractivity contribution in [1.29, 1.82) is 0 Å². The molecule has 1 amide bonds. The third-order valence-electron chi connectivity index (χ3n) is 11.3. The molecule has 0 heterocycles. The Hall–Kier alpha value is -2.62. The van der Waals surface area contributed by atoms with Gasteiger partial charge in [0.15, 0.2) is 17.2 Å². The summed E-state index contributed by atoms with van der Waals surface area (Å²) in [6, 6.07) is 4.74. The molecule has 0 spiro atoms. The zero-order valence-corrected chi connectivity index (χ0v) is 24.9. The Morgan fingerprint density at radius 3 is 2.29 bits per heavy atom. The number of amides is 1. The van der Waals surface area contributed by atoms with Gasteiger partial charge < -0.3 is 26.2 Å². The van der Waals surface area contributed by atoms with Crippen LogP contribution in [0.25, 0.3) is 0 Å². The van der Waals surface area contributed by atoms with E-state index in [1.807, 2.05) is 13.8 Å². The van der Waals surface area contributed by atoms with Crippen molar-refractivity contribution in [2.75, 3.05) is 0 Å². The minimum Gasteiger partial charge on any atom is -0.507 e. The molecule has 1 aromatic carbocycles. The third kappa shape index (κ3) is 4.06. The van der Waals surface area contributed by atoms with Crippen LogP contribution >= 0.6 is 0 Å². The predicted octanol–water partition coefficient (Wildman–Crippen LogP) is 2.90. The van der Waals surface area contributed by atoms with Crippen molar-refractivity contribution >= 4 is 23.3 Å². The smallest absolute Gasteiger partial charge is 0.230 e. The number of aromatic hydroxyl groups is 1. The summed E-state index contributed by atoms with van der Waals surface area (Å²) in [5.41, 5.74) is 0.664. The summed E-state index contributed by atoms with van der Waals surface area (Å²) < 4.78 is 0. The number of benzene rings is 1. The molecule has 4 rings (SSSR count). The first-order valence-electron chi connectivity index (χ1n) is 14.8. The van der Waals surface area contributed by atoms with Crippen LogP contribution in [-0.2, 0) is 14.4 Å². The molecule has 0 radical (unpaired) electrons. The van der Waals surface area contributed by atoms with E-state index in [0.29, 0.717) is 12.0 Å². The maximum Gasteiger partial charge on any atom is 0.230 e. The van der Waals surface area contributed by atoms with E-state index in [9.17, 15) is 39.6 Å². The number of carbonyl (C=O) groups is 4. The molecule has 41 heavy (non-hydrogen) atoms. The van der Waals surface area contributed by atoms with Crippen LogP contribution in [-0.4, -0.2) is 61.5 Å². The quantitative estimate of drug-likeness (QED) is 0.234. The molecule has 0 aliphatic heterocycles. The Bertz CT molecular complexity index is 1260. The van der Waals surface area contributed by atoms with E-state index in [-0.39, 0.29) is 29.9 Å². The fraction of sp³-hybridized carbons (Fsp3) is 0.688. The number of hydrogen-bond donors (Lipinski definition) is 5. The second-order valence-corrected chi connectivity index (χ2v) is 13.4. The zero-order chi connectivity index (χ0) is 30.8. The van der Waals surface area contributed by atoms with Crippen LogP contribution in [0.4, 0.5) is 0 Å². The molecule has 0 bridgehead atoms. The number of aliphatic hydroxyl groups is 3. The average Bonchev–Trinajstić information content (AvgIpc) is 2.88. The van der Waals surface area contributed by atoms with Crippen LogP contribution < -0.4 is 5.73 Å². The van der Waals surface area contributed by atoms with Crippen LogP contribution in [0, 0.1) is 40.4 Å². The number of phenolic OH excluding ortho intramolecular Hbond substituents is 1. The van der Waals surface area contributed by atoms with Crippen molar-refractivity contribution in [3.8, 4) is 5.75 Å². The number of nitrogens with two attached hydrogens (primary N) is 1. The van der Waals surface area contributed by atoms with Crippen LogP contribution in [0.3, 0.4) is 0 Å². The van der Waals surface area contributed by atoms with Gasteiger partial charge in [0.2, 0.25) is 5.91 Å². The molecule has 10 atom stereocenters. The molecule has 9 nitrogen and oxygen atoms in total. The second-order valence-electron chi connectivity index (χ2n) is 13.4. The lowest BCUT2D eigenvalue weighted by atomic mass is 9.33. The Morgan fingerprint density at radius 2 is 1.73 bits per heavy atom. The summed E-state index contributed by atoms with van der Waals surface area (Å²) in [7, 11) is 0. The Kier molecular flexibility index (Phi) is 8.08. The molecule has 0 saturated heterocycles. The number of unbranched alkanes of at least 4 members (excludes halogenated alkanes) is 2. The van der Waals surface area contributed by atoms with Crippen LogP contribution in [0.2, 0.25) is 0 Å². The van der Waals surface area contributed by atoms with Gasteiger partial charge in [-0.2, -0.15) is 0 Å². The van der Waals surface area contributed by atoms with E-state index in [1.165, 1.54) is 6.07 Å². The van der Waals surface area contributed by atoms with Gasteiger partial charge in [-0.15, -0.1) is 0 Å². The van der Waals surface area contributed by atoms with Gasteiger partial charge in [0.1, 0.15) is 23.6 Å². The summed E-state index contributed by atoms with van der Waals surface area (Å²) >= 11 is 0. The van der Waals surface area contributed by atoms with Crippen LogP contribution in [0.15, 0.2) is 18.2 Å². The van der Waals surface area contributed by atoms with Gasteiger partial charge in [-0.05, 0) is 47.1 Å². The zero-order valence-electron chi connectivity index (χ0n) is 24.9. The van der Waals surface area contributed by atoms with E-state index in [0.717, 1.165) is 12.8 Å². The summed E-state index contributed by atoms with van der Waals surface area (Å²) in [5, 5.41) is 46.9. The minimum atomic E-state index is -2.68. The van der Waals surface area contributed by atoms with Gasteiger partial charge in [0.05, 0.1) is 17.6 Å². The number of hydrogen-bond acceptors (Lipinski definition) is 8. The molecule has 2 unspecified atom stereocenters. The summed E-state index contributed by atoms with van der Waals surface area (Å²) in [6.45, 7) is 10.9. The summed E-state index contributed by atoms with van der Waals surface area (Å²) in [4.78, 5) is 54.5. The highest BCUT2D eigenvalue weighted by atomic mass is 16.4. The monoisotopic (exact) mass is 571 g/mol. The normalized spacial score (nSPS) is 40.1. The standard InChI is InChI=1S/C32H45NO8/c1-7-8-9-11-17(34)14-20-30(5)16(4)18-12-10-13-19(35)21(18)25(36)24(30)28(39)32(41)27(38)22(29(33)40)26(37)23(15(2)3)31(20,32)6/h10,12-13,15-16,20,22-24,26,28,35,37,39,41H,7-9,11,14H2,1-6H3,(H2,33,40)/t16-,20-,22-,23+,24-,26?,28?,30-,31-,32+/m1/s1. The largest absolute Gasteiger partial charge is 0.507 e. The van der Waals surface area contributed by atoms with Gasteiger partial charge >= 0.3 is 0 Å². The number of carbonyl (C=O) groups excluding carboxylic acids is 4. The molecule has 1 aromatic rings. The van der Waals surface area contributed by atoms with E-state index >= 15 is 0 Å². The third-order valence-corrected chi connectivity index (χ3v) is 11.3. The lowest BCUT2D eigenvalue weighted by Gasteiger charge is -2.71. The van der Waals surface area contributed by atoms with E-state index in [1.54, 1.807) is 39.8 Å². The Balaban J connectivity index is 2.05. The molecule has 0 aromatic heterocycles. The van der Waals surface area contributed by atoms with Crippen molar-refractivity contribution in [1.82, 2.24) is 0 Å². The van der Waals surface area contributed by atoms with Crippen molar-refractivity contribution in [3.63, 3.8) is 0 Å². The van der Waals surface area contributed by atoms with Crippen molar-refractivity contribution in [2.24, 2.45) is 46.2 Å². The summed E-state index contributed by atoms with van der Waals surface area (Å²) in [6.07, 6.45) is -0.959. The highest BCUT2D eigenvalue weighted by Crippen LogP contribution is 2.71. The maximum absolute atomic E-state index is 14.2. The van der Waals surface area contributed by atoms with Gasteiger partial charge in [-0.1, -0.05) is 66.5 Å². The van der Waals surface area contributed by atoms with Gasteiger partial charge in [0, 0.05) is 18.3 Å². The molecule has 226 valence electrons. The van der Waals surface area contributed by atoms with Gasteiger partial charge in [-0.25, -0.2) is 0 Å². The Labute approximate surface area is 241 Å². The molecular formula is C32H45NO8. The molecule has 2 fully saturated rings. The first-order valence-corrected chi connectivity index (χ1v) is 14.8. The molecule has 3 aliphatic rings. The number of ketones is 3. The number of phenols is 1. The van der Waals surface area contributed by atoms with Crippen molar-refractivity contribution in [2.45, 2.75) is 97.4 Å². The molecule has 3 aliphatic carbocycles. The minimum absolute atomic E-state index is 0.0110. The molecule has 2 saturated carbocycles. The van der Waals surface area contributed by atoms with Crippen molar-refractivity contribution in [3.05, 3.63) is 29.3 Å². The topological polar surface area (TPSA) is 175 Å². The number of primary amides is 1. The number of aliphatic hydroxyl groups excluding tert-OH is 2. The number of fused-ring (bicyclic) bond motifs is 3.